The van der Waals surface area contributed by atoms with E-state index in [-0.39, 0.29) is 95.8 Å². The first-order chi connectivity index (χ1) is 56.9. The number of aromatic hydroxyl groups is 1. The maximum absolute atomic E-state index is 15.2. The molecule has 0 aliphatic carbocycles. The number of aliphatic hydroxyl groups is 2. The van der Waals surface area contributed by atoms with Gasteiger partial charge in [-0.3, -0.25) is 76.7 Å². The van der Waals surface area contributed by atoms with E-state index >= 15 is 19.2 Å². The lowest BCUT2D eigenvalue weighted by atomic mass is 9.89. The van der Waals surface area contributed by atoms with Gasteiger partial charge in [-0.25, -0.2) is 0 Å². The van der Waals surface area contributed by atoms with Crippen LogP contribution in [-0.2, 0) is 96.0 Å². The molecular weight excluding hydrogens is 1600 g/mol. The van der Waals surface area contributed by atoms with E-state index in [1.165, 1.54) is 79.7 Å². The third kappa shape index (κ3) is 33.3. The number of benzene rings is 3. The zero-order valence-electron chi connectivity index (χ0n) is 71.0. The molecular formula is C86H127ClN16O19. The quantitative estimate of drug-likeness (QED) is 0.0273. The average molecular weight is 1720 g/mol. The van der Waals surface area contributed by atoms with E-state index in [4.69, 9.17) is 23.1 Å². The Morgan fingerprint density at radius 1 is 0.598 bits per heavy atom. The van der Waals surface area contributed by atoms with Gasteiger partial charge >= 0.3 is 0 Å². The minimum atomic E-state index is -1.92. The predicted molar refractivity (Wildman–Crippen MR) is 458 cm³/mol. The third-order valence-corrected chi connectivity index (χ3v) is 21.0. The van der Waals surface area contributed by atoms with E-state index < -0.39 is 197 Å². The van der Waals surface area contributed by atoms with Crippen LogP contribution in [-0.4, -0.2) is 211 Å². The zero-order chi connectivity index (χ0) is 90.2. The Hall–Kier alpha value is -11.2. The van der Waals surface area contributed by atoms with Crippen molar-refractivity contribution >= 4 is 117 Å². The average Bonchev–Trinajstić information content (AvgIpc) is 1.29. The van der Waals surface area contributed by atoms with Gasteiger partial charge in [0.15, 0.2) is 0 Å². The van der Waals surface area contributed by atoms with E-state index in [0.29, 0.717) is 64.7 Å². The van der Waals surface area contributed by atoms with Gasteiger partial charge in [-0.2, -0.15) is 0 Å². The van der Waals surface area contributed by atoms with Crippen LogP contribution in [0, 0.1) is 17.8 Å². The van der Waals surface area contributed by atoms with E-state index in [1.807, 2.05) is 26.0 Å². The topological polar surface area (TPSA) is 558 Å². The number of amides is 14. The van der Waals surface area contributed by atoms with Gasteiger partial charge in [-0.05, 0) is 159 Å². The number of primary amides is 2. The van der Waals surface area contributed by atoms with Crippen LogP contribution in [0.25, 0.3) is 10.9 Å². The first-order valence-corrected chi connectivity index (χ1v) is 41.4. The second-order valence-electron chi connectivity index (χ2n) is 32.5. The number of fused-ring (bicyclic) bond motifs is 1. The van der Waals surface area contributed by atoms with Crippen molar-refractivity contribution in [1.82, 2.24) is 74.1 Å². The van der Waals surface area contributed by atoms with Gasteiger partial charge in [-0.1, -0.05) is 127 Å². The summed E-state index contributed by atoms with van der Waals surface area (Å²) < 4.78 is 0. The number of phenols is 1. The van der Waals surface area contributed by atoms with E-state index in [0.717, 1.165) is 0 Å². The number of aromatic amines is 1. The van der Waals surface area contributed by atoms with Crippen LogP contribution in [0.4, 0.5) is 0 Å². The molecule has 0 fully saturated rings. The standard InChI is InChI=1S/C85H123ClN16O19.CH4/c1-46(2)37-57-44-89-61(33-34-68(87)107)71(109)70(108)48(5)91-76(114)66(41-56-43-90-62-42-58(86)29-32-60(56)62)97-77(115)64(40-55-27-30-59(106)31-28-55)96-74(112)51(8)94-82(120)84(11,102-80(118)65(39-54-25-21-20-22-26-54)98-81(119)69(52(9)104)100-78(116)63(38-47(3)4)95-53(10)105)35-23-18-16-14-13-15-17-19-24-36-85(12,101-75(57)113)83(121)99-67(45-103)79(117)93-50(7)73(111)92-49(6)72(88)110;/h15,17,20-22,25-32,42-43,46-52,57,61,63-67,69,89-90,103-104,106H,13-14,16,18-19,23-24,33-41,44-45H2,1-12H3,(H2,87,107)(H2,88,110)(H,91,114)(H,92,111)(H,93,117)(H,94,120)(H,95,105)(H,96,112)(H,97,115)(H,98,119)(H,99,121)(H,100,116)(H,101,113)(H,102,118);1H4/b17-15+;/t48?,49?,50-,51?,52+,57+,61-,63-,64-,65-,66-,67?,69-,84+,85-;/m0./s1. The Morgan fingerprint density at radius 3 is 1.83 bits per heavy atom. The molecule has 1 aromatic heterocycles. The molecule has 1 aliphatic rings. The van der Waals surface area contributed by atoms with Gasteiger partial charge in [0, 0.05) is 61.3 Å². The van der Waals surface area contributed by atoms with Crippen molar-refractivity contribution in [2.24, 2.45) is 29.2 Å². The number of allylic oxidation sites excluding steroid dienone is 2. The van der Waals surface area contributed by atoms with Crippen molar-refractivity contribution in [1.29, 1.82) is 0 Å². The lowest BCUT2D eigenvalue weighted by Crippen LogP contribution is -2.64. The lowest BCUT2D eigenvalue weighted by Gasteiger charge is -2.33. The van der Waals surface area contributed by atoms with E-state index in [2.05, 4.69) is 74.1 Å². The van der Waals surface area contributed by atoms with Crippen LogP contribution < -0.4 is 80.6 Å². The molecule has 5 rings (SSSR count). The molecule has 4 unspecified atom stereocenters. The fraction of sp³-hybridized carbons (Fsp3) is 0.558. The number of hydrogen-bond acceptors (Lipinski definition) is 20. The molecule has 4 aromatic rings. The zero-order valence-corrected chi connectivity index (χ0v) is 71.7. The Labute approximate surface area is 717 Å². The number of rotatable bonds is 29. The molecule has 14 amide bonds. The number of carbonyl (C=O) groups excluding carboxylic acids is 16. The molecule has 0 spiro atoms. The molecule has 672 valence electrons. The van der Waals surface area contributed by atoms with Gasteiger partial charge in [0.1, 0.15) is 71.2 Å². The summed E-state index contributed by atoms with van der Waals surface area (Å²) in [5, 5.41) is 67.1. The SMILES string of the molecule is C.CC(=O)N[C@@H](CC(C)C)C(=O)N[C@H](C(=O)N[C@@H](Cc1ccccc1)C(=O)N[C@]1(C)CCCCCC/C=C/CCC[C@@](C)(C(=O)NC(CO)C(=O)N[C@@H](C)C(=O)NC(C)C(N)=O)NC(=O)[C@H](CC(C)C)CN[C@@H](CCC(N)=O)C(=O)C(=O)C(C)NC(=O)[C@H](Cc2c[nH]c3cc(Cl)ccc23)NC(=O)[C@H](Cc2ccc(O)cc2)NC(=O)C(C)NC1=O)[C@@H](C)O. The van der Waals surface area contributed by atoms with Crippen LogP contribution >= 0.6 is 11.6 Å². The van der Waals surface area contributed by atoms with Crippen LogP contribution in [0.15, 0.2) is 91.1 Å². The smallest absolute Gasteiger partial charge is 0.246 e. The molecule has 36 heteroatoms. The second kappa shape index (κ2) is 49.7. The first-order valence-electron chi connectivity index (χ1n) is 41.0. The number of Topliss-reactive ketones (excluding diaryl/α,β-unsaturated/α-hetero) is 2. The number of aliphatic hydroxyl groups excluding tert-OH is 2. The summed E-state index contributed by atoms with van der Waals surface area (Å²) in [7, 11) is 0. The molecule has 0 saturated carbocycles. The highest BCUT2D eigenvalue weighted by molar-refractivity contribution is 6.41. The fourth-order valence-electron chi connectivity index (χ4n) is 13.7. The van der Waals surface area contributed by atoms with Gasteiger partial charge in [-0.15, -0.1) is 0 Å². The van der Waals surface area contributed by atoms with Gasteiger partial charge in [0.2, 0.25) is 94.3 Å². The molecule has 2 heterocycles. The number of carbonyl (C=O) groups is 16. The minimum Gasteiger partial charge on any atom is -0.508 e. The van der Waals surface area contributed by atoms with Gasteiger partial charge < -0.3 is 101 Å². The molecule has 15 atom stereocenters. The number of H-pyrrole nitrogens is 1. The normalized spacial score (nSPS) is 22.6. The van der Waals surface area contributed by atoms with Crippen LogP contribution in [0.5, 0.6) is 5.75 Å². The largest absolute Gasteiger partial charge is 0.508 e. The molecule has 0 radical (unpaired) electrons. The summed E-state index contributed by atoms with van der Waals surface area (Å²) in [6, 6.07) is 2.62. The molecule has 1 aliphatic heterocycles. The second-order valence-corrected chi connectivity index (χ2v) is 33.0. The summed E-state index contributed by atoms with van der Waals surface area (Å²) in [5.41, 5.74) is 9.02. The summed E-state index contributed by atoms with van der Waals surface area (Å²) in [6.45, 7) is 16.3. The number of hydrogen-bond donors (Lipinski definition) is 19. The number of aromatic nitrogens is 1. The monoisotopic (exact) mass is 1720 g/mol. The maximum Gasteiger partial charge on any atom is 0.246 e. The minimum absolute atomic E-state index is 0. The Balaban J connectivity index is 0.0000312. The van der Waals surface area contributed by atoms with Crippen molar-refractivity contribution in [3.63, 3.8) is 0 Å². The van der Waals surface area contributed by atoms with Gasteiger partial charge in [0.05, 0.1) is 30.7 Å². The van der Waals surface area contributed by atoms with Crippen molar-refractivity contribution in [2.75, 3.05) is 13.2 Å². The van der Waals surface area contributed by atoms with Crippen LogP contribution in [0.3, 0.4) is 0 Å². The van der Waals surface area contributed by atoms with Gasteiger partial charge in [0.25, 0.3) is 0 Å². The maximum atomic E-state index is 15.2. The van der Waals surface area contributed by atoms with E-state index in [9.17, 15) is 72.9 Å². The highest BCUT2D eigenvalue weighted by Crippen LogP contribution is 2.26. The molecule has 3 aromatic carbocycles. The number of nitrogens with two attached hydrogens (primary N) is 2. The summed E-state index contributed by atoms with van der Waals surface area (Å²) in [6.07, 6.45) is 5.20. The van der Waals surface area contributed by atoms with Crippen LogP contribution in [0.2, 0.25) is 5.02 Å². The Kier molecular flexibility index (Phi) is 42.0. The number of phenolic OH excluding ortho intramolecular Hbond substituents is 1. The molecule has 0 bridgehead atoms. The highest BCUT2D eigenvalue weighted by Gasteiger charge is 2.43. The number of nitrogens with one attached hydrogen (secondary N) is 14. The summed E-state index contributed by atoms with van der Waals surface area (Å²) >= 11 is 6.36. The Bertz CT molecular complexity index is 4310. The van der Waals surface area contributed by atoms with Crippen molar-refractivity contribution < 1.29 is 92.0 Å². The van der Waals surface area contributed by atoms with Crippen molar-refractivity contribution in [2.45, 2.75) is 277 Å². The summed E-state index contributed by atoms with van der Waals surface area (Å²) in [4.78, 5) is 228. The molecule has 21 N–H and O–H groups in total. The number of halogens is 1. The van der Waals surface area contributed by atoms with Crippen molar-refractivity contribution in [3.05, 3.63) is 113 Å². The molecule has 122 heavy (non-hydrogen) atoms. The van der Waals surface area contributed by atoms with Crippen LogP contribution in [0.1, 0.15) is 191 Å². The van der Waals surface area contributed by atoms with E-state index in [1.54, 1.807) is 68.6 Å². The molecule has 0 saturated heterocycles. The highest BCUT2D eigenvalue weighted by atomic mass is 35.5. The predicted octanol–water partition coefficient (Wildman–Crippen LogP) is 1.90. The van der Waals surface area contributed by atoms with Crippen molar-refractivity contribution in [3.8, 4) is 5.75 Å². The fourth-order valence-corrected chi connectivity index (χ4v) is 13.8. The molecule has 35 nitrogen and oxygen atoms in total. The third-order valence-electron chi connectivity index (χ3n) is 20.8. The lowest BCUT2D eigenvalue weighted by molar-refractivity contribution is -0.140. The summed E-state index contributed by atoms with van der Waals surface area (Å²) in [5.74, 6) is -16.2. The Morgan fingerprint density at radius 2 is 1.21 bits per heavy atom. The first kappa shape index (κ1) is 103. The number of ketones is 2.